The Balaban J connectivity index is 2.03. The third-order valence-corrected chi connectivity index (χ3v) is 3.77. The molecular formula is C20H20O2. The molecule has 1 unspecified atom stereocenters. The van der Waals surface area contributed by atoms with Gasteiger partial charge in [-0.05, 0) is 18.4 Å². The SMILES string of the molecule is CCOC(C)(Oc1cccc2ccccc12)c1ccccc1. The Bertz CT molecular complexity index is 747. The van der Waals surface area contributed by atoms with Crippen LogP contribution >= 0.6 is 0 Å². The van der Waals surface area contributed by atoms with Gasteiger partial charge in [0.2, 0.25) is 5.79 Å². The van der Waals surface area contributed by atoms with Gasteiger partial charge in [-0.25, -0.2) is 0 Å². The van der Waals surface area contributed by atoms with Gasteiger partial charge in [0.05, 0.1) is 0 Å². The summed E-state index contributed by atoms with van der Waals surface area (Å²) >= 11 is 0. The van der Waals surface area contributed by atoms with Crippen LogP contribution in [0.5, 0.6) is 5.75 Å². The van der Waals surface area contributed by atoms with Crippen LogP contribution in [0.2, 0.25) is 0 Å². The van der Waals surface area contributed by atoms with Gasteiger partial charge in [0, 0.05) is 24.5 Å². The number of ether oxygens (including phenoxy) is 2. The van der Waals surface area contributed by atoms with Crippen molar-refractivity contribution in [2.75, 3.05) is 6.61 Å². The van der Waals surface area contributed by atoms with Crippen LogP contribution in [0.1, 0.15) is 19.4 Å². The fourth-order valence-electron chi connectivity index (χ4n) is 2.68. The van der Waals surface area contributed by atoms with Gasteiger partial charge in [-0.1, -0.05) is 66.7 Å². The predicted molar refractivity (Wildman–Crippen MR) is 90.0 cm³/mol. The molecule has 0 saturated heterocycles. The molecule has 0 saturated carbocycles. The summed E-state index contributed by atoms with van der Waals surface area (Å²) in [6, 6.07) is 24.3. The maximum absolute atomic E-state index is 6.32. The highest BCUT2D eigenvalue weighted by Gasteiger charge is 2.29. The Hall–Kier alpha value is -2.32. The van der Waals surface area contributed by atoms with E-state index in [1.54, 1.807) is 0 Å². The lowest BCUT2D eigenvalue weighted by molar-refractivity contribution is -0.174. The number of benzene rings is 3. The van der Waals surface area contributed by atoms with E-state index in [0.29, 0.717) is 6.61 Å². The van der Waals surface area contributed by atoms with Crippen molar-refractivity contribution in [3.05, 3.63) is 78.4 Å². The molecule has 0 aliphatic carbocycles. The molecule has 0 heterocycles. The zero-order valence-corrected chi connectivity index (χ0v) is 13.0. The van der Waals surface area contributed by atoms with Crippen molar-refractivity contribution in [2.24, 2.45) is 0 Å². The lowest BCUT2D eigenvalue weighted by Gasteiger charge is -2.31. The molecular weight excluding hydrogens is 272 g/mol. The van der Waals surface area contributed by atoms with Crippen molar-refractivity contribution in [3.63, 3.8) is 0 Å². The van der Waals surface area contributed by atoms with E-state index in [0.717, 1.165) is 22.1 Å². The van der Waals surface area contributed by atoms with Gasteiger partial charge in [-0.2, -0.15) is 0 Å². The number of hydrogen-bond donors (Lipinski definition) is 0. The molecule has 2 heteroatoms. The Morgan fingerprint density at radius 1 is 0.818 bits per heavy atom. The molecule has 0 amide bonds. The first-order valence-electron chi connectivity index (χ1n) is 7.59. The first-order valence-corrected chi connectivity index (χ1v) is 7.59. The van der Waals surface area contributed by atoms with Crippen LogP contribution in [-0.4, -0.2) is 6.61 Å². The van der Waals surface area contributed by atoms with Crippen LogP contribution in [0.25, 0.3) is 10.8 Å². The second kappa shape index (κ2) is 6.20. The van der Waals surface area contributed by atoms with Crippen LogP contribution in [0.3, 0.4) is 0 Å². The molecule has 0 aliphatic rings. The van der Waals surface area contributed by atoms with E-state index < -0.39 is 5.79 Å². The number of fused-ring (bicyclic) bond motifs is 1. The third-order valence-electron chi connectivity index (χ3n) is 3.77. The summed E-state index contributed by atoms with van der Waals surface area (Å²) in [6.07, 6.45) is 0. The molecule has 0 bridgehead atoms. The van der Waals surface area contributed by atoms with Gasteiger partial charge >= 0.3 is 0 Å². The second-order valence-corrected chi connectivity index (χ2v) is 5.32. The lowest BCUT2D eigenvalue weighted by Crippen LogP contribution is -2.33. The molecule has 0 radical (unpaired) electrons. The molecule has 3 aromatic carbocycles. The van der Waals surface area contributed by atoms with Crippen molar-refractivity contribution in [3.8, 4) is 5.75 Å². The summed E-state index contributed by atoms with van der Waals surface area (Å²) in [4.78, 5) is 0. The van der Waals surface area contributed by atoms with Crippen LogP contribution in [0.15, 0.2) is 72.8 Å². The predicted octanol–water partition coefficient (Wildman–Crippen LogP) is 5.13. The van der Waals surface area contributed by atoms with E-state index in [9.17, 15) is 0 Å². The van der Waals surface area contributed by atoms with Crippen molar-refractivity contribution in [1.82, 2.24) is 0 Å². The Morgan fingerprint density at radius 3 is 2.27 bits per heavy atom. The Morgan fingerprint density at radius 2 is 1.50 bits per heavy atom. The van der Waals surface area contributed by atoms with Crippen molar-refractivity contribution >= 4 is 10.8 Å². The minimum absolute atomic E-state index is 0.580. The van der Waals surface area contributed by atoms with Gasteiger partial charge in [-0.3, -0.25) is 0 Å². The topological polar surface area (TPSA) is 18.5 Å². The molecule has 2 nitrogen and oxygen atoms in total. The minimum Gasteiger partial charge on any atom is -0.458 e. The van der Waals surface area contributed by atoms with Crippen molar-refractivity contribution in [2.45, 2.75) is 19.6 Å². The quantitative estimate of drug-likeness (QED) is 0.607. The first-order chi connectivity index (χ1) is 10.7. The Labute approximate surface area is 131 Å². The molecule has 3 aromatic rings. The van der Waals surface area contributed by atoms with E-state index in [2.05, 4.69) is 18.2 Å². The molecule has 0 spiro atoms. The molecule has 0 aromatic heterocycles. The summed E-state index contributed by atoms with van der Waals surface area (Å²) in [6.45, 7) is 4.53. The summed E-state index contributed by atoms with van der Waals surface area (Å²) in [7, 11) is 0. The third kappa shape index (κ3) is 2.83. The van der Waals surface area contributed by atoms with Gasteiger partial charge < -0.3 is 9.47 Å². The van der Waals surface area contributed by atoms with E-state index in [1.807, 2.05) is 68.4 Å². The first kappa shape index (κ1) is 14.6. The average Bonchev–Trinajstić information content (AvgIpc) is 2.56. The van der Waals surface area contributed by atoms with E-state index in [4.69, 9.17) is 9.47 Å². The normalized spacial score (nSPS) is 13.7. The maximum Gasteiger partial charge on any atom is 0.234 e. The van der Waals surface area contributed by atoms with E-state index in [-0.39, 0.29) is 0 Å². The van der Waals surface area contributed by atoms with E-state index in [1.165, 1.54) is 0 Å². The lowest BCUT2D eigenvalue weighted by atomic mass is 10.1. The van der Waals surface area contributed by atoms with Crippen molar-refractivity contribution < 1.29 is 9.47 Å². The summed E-state index contributed by atoms with van der Waals surface area (Å²) in [5, 5.41) is 2.25. The van der Waals surface area contributed by atoms with Crippen LogP contribution in [0.4, 0.5) is 0 Å². The van der Waals surface area contributed by atoms with Gasteiger partial charge in [0.25, 0.3) is 0 Å². The molecule has 22 heavy (non-hydrogen) atoms. The molecule has 112 valence electrons. The molecule has 0 fully saturated rings. The molecule has 1 atom stereocenters. The van der Waals surface area contributed by atoms with Gasteiger partial charge in [0.1, 0.15) is 5.75 Å². The number of hydrogen-bond acceptors (Lipinski definition) is 2. The minimum atomic E-state index is -0.805. The largest absolute Gasteiger partial charge is 0.458 e. The average molecular weight is 292 g/mol. The zero-order valence-electron chi connectivity index (χ0n) is 13.0. The Kier molecular flexibility index (Phi) is 4.12. The highest BCUT2D eigenvalue weighted by molar-refractivity contribution is 5.88. The van der Waals surface area contributed by atoms with Crippen LogP contribution in [-0.2, 0) is 10.5 Å². The maximum atomic E-state index is 6.32. The highest BCUT2D eigenvalue weighted by Crippen LogP contribution is 2.33. The van der Waals surface area contributed by atoms with Crippen LogP contribution < -0.4 is 4.74 Å². The zero-order chi connectivity index (χ0) is 15.4. The standard InChI is InChI=1S/C20H20O2/c1-3-21-20(2,17-12-5-4-6-13-17)22-19-15-9-11-16-10-7-8-14-18(16)19/h4-15H,3H2,1-2H3. The number of rotatable bonds is 5. The molecule has 0 aliphatic heterocycles. The van der Waals surface area contributed by atoms with Gasteiger partial charge in [0.15, 0.2) is 0 Å². The van der Waals surface area contributed by atoms with Crippen LogP contribution in [0, 0.1) is 0 Å². The molecule has 0 N–H and O–H groups in total. The fraction of sp³-hybridized carbons (Fsp3) is 0.200. The smallest absolute Gasteiger partial charge is 0.234 e. The molecule has 3 rings (SSSR count). The summed E-state index contributed by atoms with van der Waals surface area (Å²) in [5.74, 6) is 0.0260. The fourth-order valence-corrected chi connectivity index (χ4v) is 2.68. The summed E-state index contributed by atoms with van der Waals surface area (Å²) in [5.41, 5.74) is 1.00. The summed E-state index contributed by atoms with van der Waals surface area (Å²) < 4.78 is 12.3. The monoisotopic (exact) mass is 292 g/mol. The highest BCUT2D eigenvalue weighted by atomic mass is 16.7. The van der Waals surface area contributed by atoms with Gasteiger partial charge in [-0.15, -0.1) is 0 Å². The van der Waals surface area contributed by atoms with E-state index >= 15 is 0 Å². The second-order valence-electron chi connectivity index (χ2n) is 5.32. The van der Waals surface area contributed by atoms with Crippen molar-refractivity contribution in [1.29, 1.82) is 0 Å².